The Kier molecular flexibility index (Phi) is 31.3. The number of aromatic nitrogens is 2. The third-order valence-electron chi connectivity index (χ3n) is 16.2. The van der Waals surface area contributed by atoms with E-state index < -0.39 is 171 Å². The molecule has 3 fully saturated rings. The molecule has 0 aliphatic carbocycles. The van der Waals surface area contributed by atoms with E-state index in [1.807, 2.05) is 24.3 Å². The molecule has 3 aliphatic rings. The summed E-state index contributed by atoms with van der Waals surface area (Å²) in [5.41, 5.74) is 6.98. The van der Waals surface area contributed by atoms with Crippen LogP contribution in [0.4, 0.5) is 0 Å². The number of benzene rings is 3. The van der Waals surface area contributed by atoms with Gasteiger partial charge in [0.05, 0.1) is 43.2 Å². The van der Waals surface area contributed by atoms with E-state index in [0.29, 0.717) is 27.9 Å². The summed E-state index contributed by atoms with van der Waals surface area (Å²) in [5.74, 6) is -9.55. The summed E-state index contributed by atoms with van der Waals surface area (Å²) in [6.45, 7) is 1.94. The van der Waals surface area contributed by atoms with E-state index in [0.717, 1.165) is 73.1 Å². The minimum atomic E-state index is -2.17. The maximum atomic E-state index is 15.0. The molecule has 4 heterocycles. The number of nitrogens with zero attached hydrogens (tertiary/aromatic N) is 4. The Morgan fingerprint density at radius 3 is 2.07 bits per heavy atom. The number of phenolic OH excluding ortho intramolecular Hbond substituents is 1. The molecule has 1 aromatic heterocycles. The van der Waals surface area contributed by atoms with Gasteiger partial charge >= 0.3 is 29.6 Å². The van der Waals surface area contributed by atoms with Crippen LogP contribution in [0.5, 0.6) is 17.2 Å². The quantitative estimate of drug-likeness (QED) is 0.00871. The zero-order valence-corrected chi connectivity index (χ0v) is 57.0. The SMILES string of the molecule is COCCCCCCCOc1ccc(-c2nnc(-c3ccc(C(=O)N[C@H]4C[C@H](O)CNC(=O)[C@@H]5[C@@H](O)[C@H](C)CN5C(=O)[C@H]([C@H](O)CCNC(=O)CCN)NC(=O)[C@H]([C@H](O)Cc5ccc(O)c(OSOO[O-])c5)NC(=O)[C@@H]5C[C@H](O)CN5C(=O)[C@H]([C@H](C)O)NC4=O)cc3)s2)cc1.[Na+]. The Labute approximate surface area is 583 Å². The number of carbonyl (C=O) groups excluding carboxylic acids is 8. The van der Waals surface area contributed by atoms with Crippen LogP contribution in [0.3, 0.4) is 0 Å². The third-order valence-corrected chi connectivity index (χ3v) is 17.6. The number of aliphatic hydroxyl groups is 6. The molecule has 0 unspecified atom stereocenters. The van der Waals surface area contributed by atoms with Crippen LogP contribution >= 0.6 is 23.7 Å². The molecule has 3 aromatic carbocycles. The topological polar surface area (TPSA) is 478 Å². The zero-order valence-electron chi connectivity index (χ0n) is 53.4. The van der Waals surface area contributed by atoms with Crippen LogP contribution in [0.15, 0.2) is 66.7 Å². The van der Waals surface area contributed by atoms with Gasteiger partial charge in [-0.1, -0.05) is 55.7 Å². The number of phenols is 1. The summed E-state index contributed by atoms with van der Waals surface area (Å²) in [6, 6.07) is 5.52. The molecular formula is C61H82N11NaO21S2. The van der Waals surface area contributed by atoms with Gasteiger partial charge in [0.1, 0.15) is 52.0 Å². The number of β-amino-alcohol motifs (C(OH)–C–C–N with tert-alkyl or cyclic N) is 1. The van der Waals surface area contributed by atoms with Gasteiger partial charge in [-0.2, -0.15) is 0 Å². The second-order valence-electron chi connectivity index (χ2n) is 23.4. The first-order valence-corrected chi connectivity index (χ1v) is 32.4. The van der Waals surface area contributed by atoms with Gasteiger partial charge in [0.2, 0.25) is 41.4 Å². The van der Waals surface area contributed by atoms with Crippen molar-refractivity contribution in [2.45, 2.75) is 151 Å². The first-order chi connectivity index (χ1) is 45.5. The third kappa shape index (κ3) is 21.9. The number of carbonyl (C=O) groups is 8. The van der Waals surface area contributed by atoms with Crippen molar-refractivity contribution in [2.75, 3.05) is 53.0 Å². The van der Waals surface area contributed by atoms with Crippen LogP contribution in [0.25, 0.3) is 21.1 Å². The molecule has 32 nitrogen and oxygen atoms in total. The first-order valence-electron chi connectivity index (χ1n) is 31.0. The van der Waals surface area contributed by atoms with Crippen LogP contribution in [0.1, 0.15) is 87.6 Å². The van der Waals surface area contributed by atoms with Crippen molar-refractivity contribution < 1.29 is 132 Å². The normalized spacial score (nSPS) is 23.9. The molecule has 4 aromatic rings. The number of fused-ring (bicyclic) bond motifs is 2. The standard InChI is InChI=1S/C61H83N11O21S2.Na/c1-32-30-72-51(52(32)80)57(85)64-29-38(74)27-41(65-53(81)35-10-12-36(13-11-35)58-69-70-59(94-58)37-14-16-40(17-15-37)90-24-8-6-4-5-7-23-89-3)54(82)66-48(33(2)73)60(86)71-31-39(75)28-42(71)55(83)67-49(45(78)25-34-9-18-43(76)46(26-34)91-95-93-92-88)56(84)68-50(61(72)87)44(77)20-22-63-47(79)19-21-62;/h9-18,26,32-33,38-39,41-42,44-45,48-52,73-78,80,88H,4-8,19-25,27-31,62H2,1-3H3,(H,63,79)(H,64,85)(H,65,81)(H,66,82)(H,67,83)(H,68,84);/q;+1/p-1/t32-,33+,38+,39+,41+,42+,44-,45-,48+,49+,50+,51+,52+;/m1./s1. The molecule has 96 heavy (non-hydrogen) atoms. The average Bonchev–Trinajstić information content (AvgIpc) is 1.62. The van der Waals surface area contributed by atoms with Crippen molar-refractivity contribution >= 4 is 70.9 Å². The fourth-order valence-corrected chi connectivity index (χ4v) is 12.2. The molecule has 15 N–H and O–H groups in total. The smallest absolute Gasteiger partial charge is 0.691 e. The molecule has 8 amide bonds. The van der Waals surface area contributed by atoms with Gasteiger partial charge in [0.25, 0.3) is 18.2 Å². The number of nitrogens with one attached hydrogen (secondary N) is 6. The predicted octanol–water partition coefficient (Wildman–Crippen LogP) is -5.47. The monoisotopic (exact) mass is 1390 g/mol. The summed E-state index contributed by atoms with van der Waals surface area (Å²) in [7, 11) is 1.69. The number of hydrogen-bond acceptors (Lipinski definition) is 26. The molecular weight excluding hydrogens is 1310 g/mol. The van der Waals surface area contributed by atoms with Crippen molar-refractivity contribution in [3.63, 3.8) is 0 Å². The van der Waals surface area contributed by atoms with Gasteiger partial charge in [-0.05, 0) is 80.3 Å². The first kappa shape index (κ1) is 78.3. The number of amides is 8. The molecule has 7 rings (SSSR count). The van der Waals surface area contributed by atoms with Crippen LogP contribution < -0.4 is 81.4 Å². The van der Waals surface area contributed by atoms with E-state index in [2.05, 4.69) is 51.5 Å². The van der Waals surface area contributed by atoms with E-state index in [1.165, 1.54) is 36.5 Å². The molecule has 0 spiro atoms. The van der Waals surface area contributed by atoms with E-state index in [4.69, 9.17) is 19.4 Å². The van der Waals surface area contributed by atoms with Gasteiger partial charge in [-0.3, -0.25) is 43.4 Å². The van der Waals surface area contributed by atoms with E-state index in [9.17, 15) is 79.4 Å². The minimum Gasteiger partial charge on any atom is -0.691 e. The van der Waals surface area contributed by atoms with Crippen LogP contribution in [-0.4, -0.2) is 229 Å². The molecule has 3 saturated heterocycles. The molecule has 0 bridgehead atoms. The number of aliphatic hydroxyl groups excluding tert-OH is 6. The van der Waals surface area contributed by atoms with Crippen LogP contribution in [-0.2, 0) is 54.1 Å². The van der Waals surface area contributed by atoms with Gasteiger partial charge in [-0.15, -0.1) is 14.5 Å². The van der Waals surface area contributed by atoms with Crippen molar-refractivity contribution in [1.29, 1.82) is 0 Å². The summed E-state index contributed by atoms with van der Waals surface area (Å²) in [6.07, 6.45) is -7.71. The summed E-state index contributed by atoms with van der Waals surface area (Å²) in [4.78, 5) is 116. The Balaban J connectivity index is 0.0000146. The Morgan fingerprint density at radius 2 is 1.42 bits per heavy atom. The molecule has 0 radical (unpaired) electrons. The summed E-state index contributed by atoms with van der Waals surface area (Å²) >= 11 is 1.29. The van der Waals surface area contributed by atoms with Gasteiger partial charge in [0, 0.05) is 94.7 Å². The molecule has 13 atom stereocenters. The van der Waals surface area contributed by atoms with E-state index >= 15 is 0 Å². The minimum absolute atomic E-state index is 0. The fourth-order valence-electron chi connectivity index (χ4n) is 11.1. The maximum absolute atomic E-state index is 15.0. The molecule has 3 aliphatic heterocycles. The number of unbranched alkanes of at least 4 members (excludes halogenated alkanes) is 4. The zero-order chi connectivity index (χ0) is 68.9. The Bertz CT molecular complexity index is 3230. The Morgan fingerprint density at radius 1 is 0.781 bits per heavy atom. The molecule has 35 heteroatoms. The summed E-state index contributed by atoms with van der Waals surface area (Å²) < 4.78 is 20.2. The largest absolute Gasteiger partial charge is 1.00 e. The number of aromatic hydroxyl groups is 1. The maximum Gasteiger partial charge on any atom is 1.00 e. The average molecular weight is 1390 g/mol. The number of rotatable bonds is 27. The van der Waals surface area contributed by atoms with Gasteiger partial charge in [-0.25, -0.2) is 0 Å². The van der Waals surface area contributed by atoms with E-state index in [1.54, 1.807) is 19.2 Å². The van der Waals surface area contributed by atoms with Gasteiger partial charge < -0.3 is 102 Å². The Hall–Kier alpha value is -6.71. The number of nitrogens with two attached hydrogens (primary N) is 1. The number of ether oxygens (including phenoxy) is 2. The van der Waals surface area contributed by atoms with Gasteiger partial charge in [0.15, 0.2) is 11.5 Å². The predicted molar refractivity (Wildman–Crippen MR) is 336 cm³/mol. The van der Waals surface area contributed by atoms with Crippen molar-refractivity contribution in [3.8, 4) is 38.4 Å². The second kappa shape index (κ2) is 38.4. The number of methoxy groups -OCH3 is 1. The molecule has 520 valence electrons. The second-order valence-corrected chi connectivity index (χ2v) is 24.8. The van der Waals surface area contributed by atoms with Crippen LogP contribution in [0, 0.1) is 5.92 Å². The van der Waals surface area contributed by atoms with Crippen molar-refractivity contribution in [1.82, 2.24) is 51.9 Å². The fraction of sp³-hybridized carbons (Fsp3) is 0.541. The number of hydrogen-bond donors (Lipinski definition) is 14. The summed E-state index contributed by atoms with van der Waals surface area (Å²) in [5, 5.41) is 118. The van der Waals surface area contributed by atoms with Crippen molar-refractivity contribution in [2.24, 2.45) is 11.7 Å². The molecule has 0 saturated carbocycles. The van der Waals surface area contributed by atoms with E-state index in [-0.39, 0.29) is 84.8 Å². The van der Waals surface area contributed by atoms with Crippen LogP contribution in [0.2, 0.25) is 0 Å². The van der Waals surface area contributed by atoms with Crippen molar-refractivity contribution in [3.05, 3.63) is 77.9 Å².